The van der Waals surface area contributed by atoms with Gasteiger partial charge in [0.25, 0.3) is 0 Å². The van der Waals surface area contributed by atoms with Gasteiger partial charge in [0.15, 0.2) is 0 Å². The molecule has 8 aromatic heterocycles. The van der Waals surface area contributed by atoms with Crippen molar-refractivity contribution in [3.05, 3.63) is 376 Å². The number of hydrogen-bond donors (Lipinski definition) is 0. The van der Waals surface area contributed by atoms with Crippen LogP contribution in [0.5, 0.6) is 0 Å². The minimum atomic E-state index is 0.919. The monoisotopic (exact) mass is 1370 g/mol. The molecule has 0 amide bonds. The van der Waals surface area contributed by atoms with Crippen LogP contribution in [0.4, 0.5) is 0 Å². The third-order valence-electron chi connectivity index (χ3n) is 22.7. The maximum atomic E-state index is 4.84. The average Bonchev–Trinajstić information content (AvgIpc) is 1.52. The summed E-state index contributed by atoms with van der Waals surface area (Å²) in [5, 5.41) is 14.3. The van der Waals surface area contributed by atoms with Crippen LogP contribution in [0.15, 0.2) is 376 Å². The quantitative estimate of drug-likeness (QED) is 0.137. The molecule has 0 bridgehead atoms. The van der Waals surface area contributed by atoms with Crippen molar-refractivity contribution < 1.29 is 0 Å². The average molecular weight is 1380 g/mol. The van der Waals surface area contributed by atoms with E-state index in [-0.39, 0.29) is 0 Å². The predicted octanol–water partition coefficient (Wildman–Crippen LogP) is 25.7. The number of hydrogen-bond acceptors (Lipinski definition) is 2. The molecule has 23 rings (SSSR count). The van der Waals surface area contributed by atoms with E-state index >= 15 is 0 Å². The maximum absolute atomic E-state index is 4.84. The Kier molecular flexibility index (Phi) is 13.0. The van der Waals surface area contributed by atoms with Crippen LogP contribution in [0.25, 0.3) is 210 Å². The maximum Gasteiger partial charge on any atom is 0.0701 e. The molecule has 0 fully saturated rings. The molecule has 0 atom stereocenters. The van der Waals surface area contributed by atoms with Gasteiger partial charge in [-0.1, -0.05) is 206 Å². The van der Waals surface area contributed by atoms with Crippen molar-refractivity contribution in [1.29, 1.82) is 0 Å². The second kappa shape index (κ2) is 23.5. The molecule has 0 radical (unpaired) electrons. The van der Waals surface area contributed by atoms with E-state index in [0.717, 1.165) is 167 Å². The molecule has 15 aromatic carbocycles. The molecule has 0 aliphatic carbocycles. The number of para-hydroxylation sites is 8. The number of rotatable bonds is 10. The van der Waals surface area contributed by atoms with Crippen molar-refractivity contribution in [2.75, 3.05) is 0 Å². The normalized spacial score (nSPS) is 12.1. The van der Waals surface area contributed by atoms with E-state index in [1.807, 2.05) is 24.5 Å². The van der Waals surface area contributed by atoms with Crippen LogP contribution in [0.1, 0.15) is 0 Å². The summed E-state index contributed by atoms with van der Waals surface area (Å²) >= 11 is 0. The Hall–Kier alpha value is -14.6. The summed E-state index contributed by atoms with van der Waals surface area (Å²) in [6.45, 7) is 0. The van der Waals surface area contributed by atoms with Crippen LogP contribution in [-0.4, -0.2) is 37.4 Å². The van der Waals surface area contributed by atoms with Crippen molar-refractivity contribution in [2.24, 2.45) is 0 Å². The number of fused-ring (bicyclic) bond motifs is 18. The smallest absolute Gasteiger partial charge is 0.0701 e. The Bertz CT molecular complexity index is 6650. The lowest BCUT2D eigenvalue weighted by Crippen LogP contribution is -2.04. The van der Waals surface area contributed by atoms with Crippen molar-refractivity contribution in [2.45, 2.75) is 0 Å². The highest BCUT2D eigenvalue weighted by atomic mass is 15.0. The number of benzene rings is 15. The van der Waals surface area contributed by atoms with Gasteiger partial charge in [0.05, 0.1) is 89.0 Å². The highest BCUT2D eigenvalue weighted by Crippen LogP contribution is 2.48. The molecule has 0 spiro atoms. The highest BCUT2D eigenvalue weighted by molar-refractivity contribution is 6.18. The Morgan fingerprint density at radius 1 is 0.157 bits per heavy atom. The van der Waals surface area contributed by atoms with Gasteiger partial charge in [0.2, 0.25) is 0 Å². The molecule has 0 N–H and O–H groups in total. The Morgan fingerprint density at radius 3 is 0.620 bits per heavy atom. The van der Waals surface area contributed by atoms with Crippen LogP contribution in [-0.2, 0) is 0 Å². The zero-order valence-electron chi connectivity index (χ0n) is 58.4. The van der Waals surface area contributed by atoms with Crippen molar-refractivity contribution >= 4 is 131 Å². The summed E-state index contributed by atoms with van der Waals surface area (Å²) in [5.74, 6) is 0. The van der Waals surface area contributed by atoms with Gasteiger partial charge in [-0.2, -0.15) is 0 Å². The van der Waals surface area contributed by atoms with Gasteiger partial charge in [-0.25, -0.2) is 0 Å². The zero-order chi connectivity index (χ0) is 70.7. The second-order valence-electron chi connectivity index (χ2n) is 28.4. The topological polar surface area (TPSA) is 55.4 Å². The van der Waals surface area contributed by atoms with Crippen LogP contribution in [0.2, 0.25) is 0 Å². The summed E-state index contributed by atoms with van der Waals surface area (Å²) < 4.78 is 14.9. The van der Waals surface area contributed by atoms with Gasteiger partial charge in [0.1, 0.15) is 0 Å². The molecule has 108 heavy (non-hydrogen) atoms. The van der Waals surface area contributed by atoms with Crippen LogP contribution in [0, 0.1) is 0 Å². The molecule has 23 aromatic rings. The van der Waals surface area contributed by atoms with Gasteiger partial charge in [-0.15, -0.1) is 0 Å². The van der Waals surface area contributed by atoms with E-state index in [9.17, 15) is 0 Å². The molecule has 0 saturated carbocycles. The third kappa shape index (κ3) is 8.92. The van der Waals surface area contributed by atoms with E-state index in [1.54, 1.807) is 0 Å². The highest BCUT2D eigenvalue weighted by Gasteiger charge is 2.27. The molecular weight excluding hydrogens is 1310 g/mol. The van der Waals surface area contributed by atoms with Gasteiger partial charge >= 0.3 is 0 Å². The number of nitrogens with zero attached hydrogens (tertiary/aromatic N) is 8. The van der Waals surface area contributed by atoms with Gasteiger partial charge < -0.3 is 27.4 Å². The minimum absolute atomic E-state index is 0.919. The first-order valence-electron chi connectivity index (χ1n) is 36.9. The first kappa shape index (κ1) is 59.9. The van der Waals surface area contributed by atoms with Gasteiger partial charge in [-0.05, 0) is 169 Å². The molecule has 0 unspecified atom stereocenters. The lowest BCUT2D eigenvalue weighted by Gasteiger charge is -2.22. The van der Waals surface area contributed by atoms with E-state index in [1.165, 1.54) is 43.1 Å². The van der Waals surface area contributed by atoms with Crippen LogP contribution in [0.3, 0.4) is 0 Å². The van der Waals surface area contributed by atoms with Crippen molar-refractivity contribution in [3.8, 4) is 78.9 Å². The predicted molar refractivity (Wildman–Crippen MR) is 450 cm³/mol. The summed E-state index contributed by atoms with van der Waals surface area (Å²) in [6, 6.07) is 135. The number of pyridine rings is 2. The molecule has 8 nitrogen and oxygen atoms in total. The molecule has 0 aliphatic rings. The minimum Gasteiger partial charge on any atom is -0.309 e. The fourth-order valence-corrected chi connectivity index (χ4v) is 18.0. The largest absolute Gasteiger partial charge is 0.309 e. The summed E-state index contributed by atoms with van der Waals surface area (Å²) in [4.78, 5) is 9.69. The third-order valence-corrected chi connectivity index (χ3v) is 22.7. The van der Waals surface area contributed by atoms with Crippen LogP contribution < -0.4 is 0 Å². The fourth-order valence-electron chi connectivity index (χ4n) is 18.0. The Balaban J connectivity index is 0.850. The molecular formula is C100H62N8. The molecule has 502 valence electrons. The fraction of sp³-hybridized carbons (Fsp3) is 0. The first-order valence-corrected chi connectivity index (χ1v) is 36.9. The number of aromatic nitrogens is 8. The second-order valence-corrected chi connectivity index (χ2v) is 28.4. The lowest BCUT2D eigenvalue weighted by atomic mass is 9.93. The van der Waals surface area contributed by atoms with Gasteiger partial charge in [-0.3, -0.25) is 9.97 Å². The lowest BCUT2D eigenvalue weighted by molar-refractivity contribution is 1.13. The summed E-state index contributed by atoms with van der Waals surface area (Å²) in [7, 11) is 0. The van der Waals surface area contributed by atoms with Gasteiger partial charge in [0, 0.05) is 122 Å². The van der Waals surface area contributed by atoms with Crippen molar-refractivity contribution in [3.63, 3.8) is 0 Å². The van der Waals surface area contributed by atoms with E-state index in [0.29, 0.717) is 0 Å². The summed E-state index contributed by atoms with van der Waals surface area (Å²) in [6.07, 6.45) is 3.75. The van der Waals surface area contributed by atoms with Crippen LogP contribution >= 0.6 is 0 Å². The SMILES string of the molecule is c1ccc(-c2ccc(-c3cc(-c4ccc(-c5ccccn5)cc4)c(-n4c5ccc(-n6c7ccccc7c7ccccc76)cc5c5cc(-n6c7ccccc7c7ccccc76)ccc54)cc3-n3c4ccc(-n5c6ccccc6c6ccccc65)cc4c4cc(-n5c6ccccc6c6ccccc65)ccc43)cc2)nc1. The van der Waals surface area contributed by atoms with E-state index < -0.39 is 0 Å². The Morgan fingerprint density at radius 2 is 0.380 bits per heavy atom. The standard InChI is InChI=1S/C100H62N8/c1-9-31-87-71(21-1)72-22-2-10-32-88(72)103(87)67-47-51-95-81(57-67)82-58-68(104-89-33-11-3-23-73(89)74-24-4-12-34-90(74)104)48-52-96(82)107(95)99-62-100(80(64-41-45-66(46-42-64)86-30-18-20-56-102-86)61-79(99)63-39-43-65(44-40-63)85-29-17-19-55-101-85)108-97-53-49-69(105-91-35-13-5-25-75(91)76-26-6-14-36-92(76)105)59-83(97)84-60-70(50-54-98(84)108)106-93-37-15-7-27-77(93)78-28-8-16-38-94(78)106/h1-62H. The zero-order valence-corrected chi connectivity index (χ0v) is 58.4. The molecule has 8 heterocycles. The van der Waals surface area contributed by atoms with Crippen molar-refractivity contribution in [1.82, 2.24) is 37.4 Å². The molecule has 0 aliphatic heterocycles. The first-order chi connectivity index (χ1) is 53.6. The summed E-state index contributed by atoms with van der Waals surface area (Å²) in [5.41, 5.74) is 28.2. The molecule has 0 saturated heterocycles. The molecule has 8 heteroatoms. The van der Waals surface area contributed by atoms with E-state index in [4.69, 9.17) is 9.97 Å². The Labute approximate surface area is 619 Å². The van der Waals surface area contributed by atoms with E-state index in [2.05, 4.69) is 379 Å².